The molecule has 2 aliphatic heterocycles. The number of allylic oxidation sites excluding steroid dienone is 4. The Morgan fingerprint density at radius 1 is 1.23 bits per heavy atom. The summed E-state index contributed by atoms with van der Waals surface area (Å²) >= 11 is -1.41. The Kier molecular flexibility index (Phi) is 4.54. The van der Waals surface area contributed by atoms with Crippen LogP contribution in [0.2, 0.25) is 0 Å². The summed E-state index contributed by atoms with van der Waals surface area (Å²) in [6.45, 7) is 1.32. The number of nitrogens with zero attached hydrogens (tertiary/aromatic N) is 1. The van der Waals surface area contributed by atoms with Gasteiger partial charge in [0.1, 0.15) is 0 Å². The van der Waals surface area contributed by atoms with Crippen LogP contribution in [0.5, 0.6) is 0 Å². The third-order valence-corrected chi connectivity index (χ3v) is 7.89. The van der Waals surface area contributed by atoms with Crippen LogP contribution in [0.4, 0.5) is 8.78 Å². The number of halogens is 3. The molecular weight excluding hydrogens is 397 g/mol. The van der Waals surface area contributed by atoms with Gasteiger partial charge in [-0.3, -0.25) is 0 Å². The second-order valence-corrected chi connectivity index (χ2v) is 9.63. The number of aliphatic imine (C=N–C) groups is 1. The van der Waals surface area contributed by atoms with Gasteiger partial charge in [0.25, 0.3) is 0 Å². The van der Waals surface area contributed by atoms with E-state index < -0.39 is 31.8 Å². The van der Waals surface area contributed by atoms with Crippen LogP contribution in [0.3, 0.4) is 0 Å². The number of alkyl halides is 2. The van der Waals surface area contributed by atoms with Gasteiger partial charge in [0.2, 0.25) is 0 Å². The molecule has 0 saturated heterocycles. The van der Waals surface area contributed by atoms with Crippen LogP contribution in [-0.4, -0.2) is 16.7 Å². The fourth-order valence-corrected chi connectivity index (χ4v) is 6.31. The first-order chi connectivity index (χ1) is 10.6. The molecule has 0 spiro atoms. The van der Waals surface area contributed by atoms with E-state index >= 15 is 0 Å². The summed E-state index contributed by atoms with van der Waals surface area (Å²) in [7, 11) is 0. The molecule has 0 fully saturated rings. The summed E-state index contributed by atoms with van der Waals surface area (Å²) in [4.78, 5) is 4.44. The Balaban J connectivity index is 1.77. The average Bonchev–Trinajstić information content (AvgIpc) is 2.91. The van der Waals surface area contributed by atoms with Crippen molar-refractivity contribution in [1.29, 1.82) is 0 Å². The standard InChI is InChI=1S/C17H17F2IN2/c1-17(18,19)16(13-7-3-2-4-8-13)21-11-15-14-9-5-6-10-20(14)12-22-15/h2-10,12,16,21H,11H2,1H3. The van der Waals surface area contributed by atoms with Crippen molar-refractivity contribution in [2.45, 2.75) is 18.9 Å². The summed E-state index contributed by atoms with van der Waals surface area (Å²) in [5.74, 6) is -2.84. The monoisotopic (exact) mass is 414 g/mol. The Morgan fingerprint density at radius 3 is 2.73 bits per heavy atom. The fourth-order valence-electron chi connectivity index (χ4n) is 2.45. The van der Waals surface area contributed by atoms with Crippen molar-refractivity contribution in [2.75, 3.05) is 6.54 Å². The number of hydrogen-bond donors (Lipinski definition) is 1. The summed E-state index contributed by atoms with van der Waals surface area (Å²) < 4.78 is 33.4. The maximum absolute atomic E-state index is 13.9. The first-order valence-electron chi connectivity index (χ1n) is 7.01. The zero-order chi connectivity index (χ0) is 15.6. The van der Waals surface area contributed by atoms with Gasteiger partial charge in [-0.15, -0.1) is 0 Å². The van der Waals surface area contributed by atoms with Gasteiger partial charge >= 0.3 is 136 Å². The van der Waals surface area contributed by atoms with Crippen LogP contribution in [-0.2, 0) is 0 Å². The van der Waals surface area contributed by atoms with E-state index in [0.717, 1.165) is 12.6 Å². The zero-order valence-electron chi connectivity index (χ0n) is 12.1. The Morgan fingerprint density at radius 2 is 2.00 bits per heavy atom. The number of hydrogen-bond acceptors (Lipinski definition) is 2. The molecule has 2 aliphatic rings. The van der Waals surface area contributed by atoms with E-state index in [1.807, 2.05) is 22.4 Å². The fraction of sp³-hybridized carbons (Fsp3) is 0.235. The molecule has 2 heterocycles. The molecule has 3 rings (SSSR count). The quantitative estimate of drug-likeness (QED) is 0.687. The predicted molar refractivity (Wildman–Crippen MR) is 95.6 cm³/mol. The zero-order valence-corrected chi connectivity index (χ0v) is 14.3. The second kappa shape index (κ2) is 6.42. The Bertz CT molecular complexity index is 657. The molecule has 1 aromatic rings. The molecule has 0 radical (unpaired) electrons. The normalized spacial score (nSPS) is 19.7. The van der Waals surface area contributed by atoms with Gasteiger partial charge in [-0.2, -0.15) is 0 Å². The molecule has 1 atom stereocenters. The first kappa shape index (κ1) is 15.6. The van der Waals surface area contributed by atoms with Gasteiger partial charge in [-0.1, -0.05) is 0 Å². The number of benzene rings is 1. The minimum atomic E-state index is -2.84. The van der Waals surface area contributed by atoms with Crippen LogP contribution >= 0.6 is 19.8 Å². The summed E-state index contributed by atoms with van der Waals surface area (Å²) in [5.41, 5.74) is 1.49. The van der Waals surface area contributed by atoms with E-state index in [9.17, 15) is 8.78 Å². The number of rotatable bonds is 5. The van der Waals surface area contributed by atoms with E-state index in [4.69, 9.17) is 0 Å². The van der Waals surface area contributed by atoms with Crippen LogP contribution in [0.25, 0.3) is 0 Å². The third kappa shape index (κ3) is 3.35. The van der Waals surface area contributed by atoms with Crippen LogP contribution in [0.1, 0.15) is 18.5 Å². The van der Waals surface area contributed by atoms with Gasteiger partial charge in [-0.25, -0.2) is 0 Å². The molecule has 0 aliphatic carbocycles. The first-order valence-corrected chi connectivity index (χ1v) is 10.6. The molecule has 1 N–H and O–H groups in total. The van der Waals surface area contributed by atoms with Crippen molar-refractivity contribution in [3.8, 4) is 0 Å². The second-order valence-electron chi connectivity index (χ2n) is 5.22. The molecule has 0 bridgehead atoms. The van der Waals surface area contributed by atoms with E-state index in [-0.39, 0.29) is 0 Å². The van der Waals surface area contributed by atoms with Crippen LogP contribution in [0.15, 0.2) is 66.9 Å². The maximum atomic E-state index is 13.9. The number of fused-ring (bicyclic) bond motifs is 1. The van der Waals surface area contributed by atoms with Gasteiger partial charge in [-0.05, 0) is 0 Å². The van der Waals surface area contributed by atoms with E-state index in [1.165, 1.54) is 3.58 Å². The number of nitrogens with one attached hydrogen (secondary N) is 1. The van der Waals surface area contributed by atoms with E-state index in [2.05, 4.69) is 20.5 Å². The van der Waals surface area contributed by atoms with Gasteiger partial charge in [0.05, 0.1) is 0 Å². The summed E-state index contributed by atoms with van der Waals surface area (Å²) in [6, 6.07) is 7.84. The molecule has 0 amide bonds. The van der Waals surface area contributed by atoms with Crippen LogP contribution < -0.4 is 5.32 Å². The minimum absolute atomic E-state index is 0.362. The summed E-state index contributed by atoms with van der Waals surface area (Å²) in [6.07, 6.45) is 6.10. The predicted octanol–water partition coefficient (Wildman–Crippen LogP) is 4.82. The van der Waals surface area contributed by atoms with Crippen LogP contribution in [0, 0.1) is 0 Å². The SMILES string of the molecule is CC(F)(F)C(NCC1=C2C=CC=CI2C=N1)c1ccccc1. The molecular formula is C17H17F2IN2. The van der Waals surface area contributed by atoms with Crippen molar-refractivity contribution in [2.24, 2.45) is 4.99 Å². The molecule has 1 unspecified atom stereocenters. The van der Waals surface area contributed by atoms with E-state index in [1.54, 1.807) is 24.3 Å². The van der Waals surface area contributed by atoms with Crippen molar-refractivity contribution >= 4 is 24.0 Å². The summed E-state index contributed by atoms with van der Waals surface area (Å²) in [5, 5.41) is 3.00. The molecule has 0 aromatic heterocycles. The third-order valence-electron chi connectivity index (χ3n) is 3.50. The van der Waals surface area contributed by atoms with Crippen molar-refractivity contribution < 1.29 is 8.78 Å². The van der Waals surface area contributed by atoms with Gasteiger partial charge < -0.3 is 0 Å². The van der Waals surface area contributed by atoms with Crippen molar-refractivity contribution in [3.05, 3.63) is 67.5 Å². The average molecular weight is 414 g/mol. The van der Waals surface area contributed by atoms with Crippen molar-refractivity contribution in [1.82, 2.24) is 5.32 Å². The molecule has 22 heavy (non-hydrogen) atoms. The molecule has 5 heteroatoms. The van der Waals surface area contributed by atoms with Gasteiger partial charge in [0, 0.05) is 0 Å². The molecule has 1 aromatic carbocycles. The van der Waals surface area contributed by atoms with E-state index in [0.29, 0.717) is 12.1 Å². The van der Waals surface area contributed by atoms with Crippen molar-refractivity contribution in [3.63, 3.8) is 0 Å². The molecule has 0 saturated carbocycles. The Labute approximate surface area is 136 Å². The molecule has 2 nitrogen and oxygen atoms in total. The topological polar surface area (TPSA) is 24.4 Å². The van der Waals surface area contributed by atoms with Gasteiger partial charge in [0.15, 0.2) is 0 Å². The Hall–Kier alpha value is -1.34. The molecule has 116 valence electrons.